The van der Waals surface area contributed by atoms with Crippen LogP contribution in [0.5, 0.6) is 0 Å². The number of H-pyrrole nitrogens is 1. The lowest BCUT2D eigenvalue weighted by molar-refractivity contribution is 0.0953. The number of nitrogens with one attached hydrogen (secondary N) is 2. The molecular weight excluding hydrogens is 422 g/mol. The molecule has 2 N–H and O–H groups in total. The SMILES string of the molecule is CCCNC(=O)c1cnc2[nH]c(C(CC3CCCC3)c3ccc(S(C)(=O)=O)cc3)cc2c1. The molecule has 1 amide bonds. The van der Waals surface area contributed by atoms with E-state index in [1.54, 1.807) is 18.3 Å². The number of nitrogens with zero attached hydrogens (tertiary/aromatic N) is 1. The average molecular weight is 454 g/mol. The molecule has 0 bridgehead atoms. The second-order valence-electron chi connectivity index (χ2n) is 8.92. The Labute approximate surface area is 189 Å². The summed E-state index contributed by atoms with van der Waals surface area (Å²) in [5.41, 5.74) is 3.46. The topological polar surface area (TPSA) is 91.9 Å². The number of sulfone groups is 1. The molecule has 32 heavy (non-hydrogen) atoms. The lowest BCUT2D eigenvalue weighted by Crippen LogP contribution is -2.23. The Bertz CT molecular complexity index is 1190. The van der Waals surface area contributed by atoms with Crippen molar-refractivity contribution in [2.45, 2.75) is 56.3 Å². The minimum Gasteiger partial charge on any atom is -0.352 e. The van der Waals surface area contributed by atoms with Crippen LogP contribution in [0.15, 0.2) is 47.5 Å². The normalized spacial score (nSPS) is 15.8. The number of carbonyl (C=O) groups is 1. The van der Waals surface area contributed by atoms with Gasteiger partial charge in [0.05, 0.1) is 10.5 Å². The maximum absolute atomic E-state index is 12.3. The molecule has 0 spiro atoms. The van der Waals surface area contributed by atoms with E-state index in [-0.39, 0.29) is 11.8 Å². The summed E-state index contributed by atoms with van der Waals surface area (Å²) in [6.45, 7) is 2.66. The maximum atomic E-state index is 12.3. The van der Waals surface area contributed by atoms with Crippen molar-refractivity contribution >= 4 is 26.8 Å². The fourth-order valence-corrected chi connectivity index (χ4v) is 5.29. The van der Waals surface area contributed by atoms with E-state index in [0.29, 0.717) is 22.9 Å². The van der Waals surface area contributed by atoms with Gasteiger partial charge in [-0.25, -0.2) is 13.4 Å². The Morgan fingerprint density at radius 2 is 1.91 bits per heavy atom. The third kappa shape index (κ3) is 5.04. The third-order valence-electron chi connectivity index (χ3n) is 6.42. The van der Waals surface area contributed by atoms with Crippen LogP contribution in [-0.2, 0) is 9.84 Å². The largest absolute Gasteiger partial charge is 0.352 e. The van der Waals surface area contributed by atoms with E-state index in [2.05, 4.69) is 21.4 Å². The van der Waals surface area contributed by atoms with Crippen molar-refractivity contribution in [1.82, 2.24) is 15.3 Å². The lowest BCUT2D eigenvalue weighted by atomic mass is 9.85. The van der Waals surface area contributed by atoms with Crippen molar-refractivity contribution < 1.29 is 13.2 Å². The molecule has 4 rings (SSSR count). The number of pyridine rings is 1. The van der Waals surface area contributed by atoms with Gasteiger partial charge in [-0.3, -0.25) is 4.79 Å². The molecule has 1 unspecified atom stereocenters. The van der Waals surface area contributed by atoms with Gasteiger partial charge in [-0.05, 0) is 48.6 Å². The number of aromatic nitrogens is 2. The minimum atomic E-state index is -3.23. The van der Waals surface area contributed by atoms with Gasteiger partial charge in [0.25, 0.3) is 5.91 Å². The van der Waals surface area contributed by atoms with E-state index < -0.39 is 9.84 Å². The number of rotatable bonds is 8. The molecule has 0 aliphatic heterocycles. The molecular formula is C25H31N3O3S. The van der Waals surface area contributed by atoms with Crippen LogP contribution in [0.2, 0.25) is 0 Å². The number of amides is 1. The van der Waals surface area contributed by atoms with E-state index in [1.165, 1.54) is 31.9 Å². The number of hydrogen-bond acceptors (Lipinski definition) is 4. The van der Waals surface area contributed by atoms with E-state index in [4.69, 9.17) is 0 Å². The van der Waals surface area contributed by atoms with E-state index in [1.807, 2.05) is 25.1 Å². The summed E-state index contributed by atoms with van der Waals surface area (Å²) in [7, 11) is -3.23. The third-order valence-corrected chi connectivity index (χ3v) is 7.55. The molecule has 0 radical (unpaired) electrons. The van der Waals surface area contributed by atoms with Crippen molar-refractivity contribution in [3.8, 4) is 0 Å². The van der Waals surface area contributed by atoms with Crippen molar-refractivity contribution in [2.24, 2.45) is 5.92 Å². The Balaban J connectivity index is 1.67. The Morgan fingerprint density at radius 3 is 2.56 bits per heavy atom. The molecule has 1 aromatic carbocycles. The van der Waals surface area contributed by atoms with Crippen LogP contribution in [0.1, 0.15) is 73.0 Å². The van der Waals surface area contributed by atoms with Gasteiger partial charge in [0.1, 0.15) is 5.65 Å². The minimum absolute atomic E-state index is 0.108. The van der Waals surface area contributed by atoms with E-state index in [0.717, 1.165) is 35.1 Å². The molecule has 6 nitrogen and oxygen atoms in total. The summed E-state index contributed by atoms with van der Waals surface area (Å²) in [4.78, 5) is 20.6. The molecule has 1 saturated carbocycles. The highest BCUT2D eigenvalue weighted by molar-refractivity contribution is 7.90. The second kappa shape index (κ2) is 9.45. The Morgan fingerprint density at radius 1 is 1.19 bits per heavy atom. The molecule has 170 valence electrons. The zero-order valence-electron chi connectivity index (χ0n) is 18.7. The van der Waals surface area contributed by atoms with Crippen LogP contribution in [0.4, 0.5) is 0 Å². The Kier molecular flexibility index (Phi) is 6.65. The van der Waals surface area contributed by atoms with Crippen molar-refractivity contribution in [2.75, 3.05) is 12.8 Å². The fourth-order valence-electron chi connectivity index (χ4n) is 4.66. The summed E-state index contributed by atoms with van der Waals surface area (Å²) in [6.07, 6.45) is 9.75. The van der Waals surface area contributed by atoms with Crippen LogP contribution in [0.3, 0.4) is 0 Å². The first kappa shape index (κ1) is 22.5. The first-order valence-electron chi connectivity index (χ1n) is 11.4. The summed E-state index contributed by atoms with van der Waals surface area (Å²) in [5, 5.41) is 3.81. The summed E-state index contributed by atoms with van der Waals surface area (Å²) < 4.78 is 23.8. The smallest absolute Gasteiger partial charge is 0.252 e. The molecule has 1 aliphatic carbocycles. The second-order valence-corrected chi connectivity index (χ2v) is 10.9. The number of carbonyl (C=O) groups excluding carboxylic acids is 1. The first-order chi connectivity index (χ1) is 15.3. The number of benzene rings is 1. The van der Waals surface area contributed by atoms with E-state index in [9.17, 15) is 13.2 Å². The van der Waals surface area contributed by atoms with Gasteiger partial charge >= 0.3 is 0 Å². The van der Waals surface area contributed by atoms with Crippen LogP contribution < -0.4 is 5.32 Å². The number of fused-ring (bicyclic) bond motifs is 1. The van der Waals surface area contributed by atoms with Crippen molar-refractivity contribution in [1.29, 1.82) is 0 Å². The summed E-state index contributed by atoms with van der Waals surface area (Å²) >= 11 is 0. The van der Waals surface area contributed by atoms with Crippen LogP contribution in [0.25, 0.3) is 11.0 Å². The highest BCUT2D eigenvalue weighted by atomic mass is 32.2. The van der Waals surface area contributed by atoms with Crippen LogP contribution in [0, 0.1) is 5.92 Å². The summed E-state index contributed by atoms with van der Waals surface area (Å²) in [5.74, 6) is 0.672. The van der Waals surface area contributed by atoms with E-state index >= 15 is 0 Å². The zero-order chi connectivity index (χ0) is 22.7. The fraction of sp³-hybridized carbons (Fsp3) is 0.440. The van der Waals surface area contributed by atoms with Crippen LogP contribution >= 0.6 is 0 Å². The monoisotopic (exact) mass is 453 g/mol. The van der Waals surface area contributed by atoms with Crippen molar-refractivity contribution in [3.05, 3.63) is 59.4 Å². The van der Waals surface area contributed by atoms with Crippen molar-refractivity contribution in [3.63, 3.8) is 0 Å². The molecule has 1 atom stereocenters. The quantitative estimate of drug-likeness (QED) is 0.512. The lowest BCUT2D eigenvalue weighted by Gasteiger charge is -2.20. The predicted molar refractivity (Wildman–Crippen MR) is 127 cm³/mol. The molecule has 2 aromatic heterocycles. The zero-order valence-corrected chi connectivity index (χ0v) is 19.5. The highest BCUT2D eigenvalue weighted by Gasteiger charge is 2.25. The van der Waals surface area contributed by atoms with Gasteiger partial charge in [0, 0.05) is 36.0 Å². The Hall–Kier alpha value is -2.67. The molecule has 2 heterocycles. The first-order valence-corrected chi connectivity index (χ1v) is 13.3. The average Bonchev–Trinajstić information content (AvgIpc) is 3.44. The standard InChI is InChI=1S/C25H31N3O3S/c1-3-12-26-25(29)20-14-19-15-23(28-24(19)27-16-20)22(13-17-6-4-5-7-17)18-8-10-21(11-9-18)32(2,30)31/h8-11,14-17,22H,3-7,12-13H2,1-2H3,(H,26,29)(H,27,28). The molecule has 1 aliphatic rings. The maximum Gasteiger partial charge on any atom is 0.252 e. The number of hydrogen-bond donors (Lipinski definition) is 2. The van der Waals surface area contributed by atoms with Crippen LogP contribution in [-0.4, -0.2) is 37.1 Å². The molecule has 0 saturated heterocycles. The van der Waals surface area contributed by atoms with Gasteiger partial charge in [0.2, 0.25) is 0 Å². The molecule has 1 fully saturated rings. The summed E-state index contributed by atoms with van der Waals surface area (Å²) in [6, 6.07) is 11.2. The highest BCUT2D eigenvalue weighted by Crippen LogP contribution is 2.38. The van der Waals surface area contributed by atoms with Gasteiger partial charge in [-0.2, -0.15) is 0 Å². The van der Waals surface area contributed by atoms with Gasteiger partial charge in [-0.15, -0.1) is 0 Å². The predicted octanol–water partition coefficient (Wildman–Crippen LogP) is 4.82. The molecule has 3 aromatic rings. The molecule has 7 heteroatoms. The van der Waals surface area contributed by atoms with Gasteiger partial charge in [-0.1, -0.05) is 44.7 Å². The van der Waals surface area contributed by atoms with Gasteiger partial charge < -0.3 is 10.3 Å². The van der Waals surface area contributed by atoms with Gasteiger partial charge in [0.15, 0.2) is 9.84 Å². The number of aromatic amines is 1.